The van der Waals surface area contributed by atoms with Gasteiger partial charge in [0.2, 0.25) is 5.00 Å². The largest absolute Gasteiger partial charge is 0.493 e. The monoisotopic (exact) mass is 441 g/mol. The summed E-state index contributed by atoms with van der Waals surface area (Å²) in [6.45, 7) is 8.87. The average molecular weight is 442 g/mol. The topological polar surface area (TPSA) is 120 Å². The number of nitrogens with zero attached hydrogens (tertiary/aromatic N) is 1. The number of hydrogen-bond acceptors (Lipinski definition) is 7. The van der Waals surface area contributed by atoms with Crippen LogP contribution in [0.2, 0.25) is 0 Å². The molecule has 2 unspecified atom stereocenters. The maximum atomic E-state index is 16.6. The minimum absolute atomic E-state index is 0.150. The minimum Gasteiger partial charge on any atom is -0.493 e. The highest BCUT2D eigenvalue weighted by Gasteiger charge is 2.69. The summed E-state index contributed by atoms with van der Waals surface area (Å²) in [6.07, 6.45) is -1.30. The summed E-state index contributed by atoms with van der Waals surface area (Å²) in [5.74, 6) is 0.0873. The Labute approximate surface area is 175 Å². The van der Waals surface area contributed by atoms with Crippen molar-refractivity contribution < 1.29 is 27.1 Å². The Morgan fingerprint density at radius 3 is 2.53 bits per heavy atom. The Hall–Kier alpha value is -2.36. The number of carbonyl (C=O) groups is 1. The fourth-order valence-corrected chi connectivity index (χ4v) is 5.99. The third-order valence-corrected chi connectivity index (χ3v) is 8.55. The maximum Gasteiger partial charge on any atom is 0.413 e. The summed E-state index contributed by atoms with van der Waals surface area (Å²) in [4.78, 5) is 16.9. The van der Waals surface area contributed by atoms with E-state index in [1.807, 2.05) is 0 Å². The van der Waals surface area contributed by atoms with Gasteiger partial charge in [0.25, 0.3) is 0 Å². The van der Waals surface area contributed by atoms with Crippen LogP contribution in [0.25, 0.3) is 0 Å². The van der Waals surface area contributed by atoms with Crippen molar-refractivity contribution in [2.75, 3.05) is 12.3 Å². The van der Waals surface area contributed by atoms with E-state index in [2.05, 4.69) is 10.3 Å². The summed E-state index contributed by atoms with van der Waals surface area (Å²) < 4.78 is 52.8. The Balaban J connectivity index is 2.26. The van der Waals surface area contributed by atoms with E-state index in [9.17, 15) is 13.2 Å². The molecule has 0 spiro atoms. The molecule has 1 aromatic carbocycles. The Morgan fingerprint density at radius 2 is 1.93 bits per heavy atom. The third-order valence-electron chi connectivity index (χ3n) is 5.56. The van der Waals surface area contributed by atoms with Crippen LogP contribution in [-0.4, -0.2) is 42.3 Å². The number of nitrogen functional groups attached to an aromatic ring is 1. The van der Waals surface area contributed by atoms with Crippen molar-refractivity contribution in [3.05, 3.63) is 23.8 Å². The van der Waals surface area contributed by atoms with E-state index in [0.29, 0.717) is 11.4 Å². The van der Waals surface area contributed by atoms with E-state index in [1.54, 1.807) is 32.9 Å². The Bertz CT molecular complexity index is 1030. The normalized spacial score (nSPS) is 29.4. The molecule has 0 aromatic heterocycles. The van der Waals surface area contributed by atoms with Gasteiger partial charge in [0.15, 0.2) is 9.84 Å². The van der Waals surface area contributed by atoms with Crippen LogP contribution in [0.3, 0.4) is 0 Å². The van der Waals surface area contributed by atoms with Crippen LogP contribution in [0.15, 0.2) is 23.2 Å². The fourth-order valence-electron chi connectivity index (χ4n) is 3.80. The molecule has 3 N–H and O–H groups in total. The Kier molecular flexibility index (Phi) is 4.89. The summed E-state index contributed by atoms with van der Waals surface area (Å²) in [5.41, 5.74) is 3.70. The van der Waals surface area contributed by atoms with E-state index in [0.717, 1.165) is 0 Å². The van der Waals surface area contributed by atoms with Crippen LogP contribution in [0.1, 0.15) is 53.5 Å². The van der Waals surface area contributed by atoms with Gasteiger partial charge in [-0.1, -0.05) is 0 Å². The number of alkyl halides is 1. The van der Waals surface area contributed by atoms with Crippen LogP contribution < -0.4 is 15.8 Å². The minimum atomic E-state index is -4.53. The first-order valence-corrected chi connectivity index (χ1v) is 11.1. The molecule has 0 fully saturated rings. The number of nitrogens with two attached hydrogens (primary N) is 1. The van der Waals surface area contributed by atoms with E-state index in [4.69, 9.17) is 15.2 Å². The summed E-state index contributed by atoms with van der Waals surface area (Å²) in [6, 6.07) is 4.60. The molecule has 0 saturated heterocycles. The summed E-state index contributed by atoms with van der Waals surface area (Å²) in [7, 11) is -4.53. The smallest absolute Gasteiger partial charge is 0.413 e. The van der Waals surface area contributed by atoms with Gasteiger partial charge in [0.05, 0.1) is 6.61 Å². The van der Waals surface area contributed by atoms with Gasteiger partial charge >= 0.3 is 6.09 Å². The van der Waals surface area contributed by atoms with Gasteiger partial charge in [-0.25, -0.2) is 17.6 Å². The predicted octanol–water partition coefficient (Wildman–Crippen LogP) is 3.06. The first-order chi connectivity index (χ1) is 13.6. The molecule has 30 heavy (non-hydrogen) atoms. The number of rotatable bonds is 0. The number of ether oxygens (including phenoxy) is 2. The molecule has 1 amide bonds. The molecule has 3 rings (SSSR count). The molecule has 0 radical (unpaired) electrons. The number of aliphatic imine (C=N–C) groups is 1. The lowest BCUT2D eigenvalue weighted by Crippen LogP contribution is -2.66. The first kappa shape index (κ1) is 22.3. The number of benzene rings is 1. The average Bonchev–Trinajstić information content (AvgIpc) is 2.69. The predicted molar refractivity (Wildman–Crippen MR) is 112 cm³/mol. The summed E-state index contributed by atoms with van der Waals surface area (Å²) >= 11 is 0. The van der Waals surface area contributed by atoms with Crippen molar-refractivity contribution in [2.24, 2.45) is 4.99 Å². The zero-order valence-electron chi connectivity index (χ0n) is 18.0. The van der Waals surface area contributed by atoms with Crippen molar-refractivity contribution in [3.63, 3.8) is 0 Å². The van der Waals surface area contributed by atoms with Gasteiger partial charge in [0, 0.05) is 17.7 Å². The number of anilines is 1. The molecular formula is C20H28FN3O5S. The molecule has 1 aromatic rings. The second-order valence-electron chi connectivity index (χ2n) is 9.26. The molecule has 166 valence electrons. The molecule has 2 aliphatic heterocycles. The number of sulfone groups is 1. The lowest BCUT2D eigenvalue weighted by Gasteiger charge is -2.47. The molecule has 0 aliphatic carbocycles. The van der Waals surface area contributed by atoms with Gasteiger partial charge < -0.3 is 15.2 Å². The number of amidine groups is 1. The van der Waals surface area contributed by atoms with Gasteiger partial charge in [-0.3, -0.25) is 10.3 Å². The zero-order valence-corrected chi connectivity index (χ0v) is 18.8. The first-order valence-electron chi connectivity index (χ1n) is 9.61. The van der Waals surface area contributed by atoms with Gasteiger partial charge in [-0.05, 0) is 59.7 Å². The third kappa shape index (κ3) is 3.12. The maximum absolute atomic E-state index is 16.6. The number of carbonyl (C=O) groups excluding carboxylic acids is 1. The van der Waals surface area contributed by atoms with Crippen molar-refractivity contribution in [1.82, 2.24) is 5.32 Å². The lowest BCUT2D eigenvalue weighted by molar-refractivity contribution is 0.0558. The van der Waals surface area contributed by atoms with E-state index in [1.165, 1.54) is 26.8 Å². The molecule has 2 aliphatic rings. The summed E-state index contributed by atoms with van der Waals surface area (Å²) in [5, 5.41) is -0.343. The fraction of sp³-hybridized carbons (Fsp3) is 0.600. The number of hydrogen-bond donors (Lipinski definition) is 2. The number of amides is 1. The van der Waals surface area contributed by atoms with E-state index >= 15 is 4.39 Å². The Morgan fingerprint density at radius 1 is 1.30 bits per heavy atom. The van der Waals surface area contributed by atoms with Crippen molar-refractivity contribution in [1.29, 1.82) is 0 Å². The van der Waals surface area contributed by atoms with Crippen molar-refractivity contribution in [2.45, 2.75) is 68.9 Å². The van der Waals surface area contributed by atoms with Crippen molar-refractivity contribution >= 4 is 27.5 Å². The number of halogens is 1. The highest BCUT2D eigenvalue weighted by molar-refractivity contribution is 7.94. The molecule has 2 heterocycles. The zero-order chi connectivity index (χ0) is 22.8. The van der Waals surface area contributed by atoms with Crippen LogP contribution in [0.5, 0.6) is 5.75 Å². The van der Waals surface area contributed by atoms with E-state index < -0.39 is 43.2 Å². The number of nitrogens with one attached hydrogen (secondary N) is 1. The number of fused-ring (bicyclic) bond motifs is 3. The quantitative estimate of drug-likeness (QED) is 0.597. The van der Waals surface area contributed by atoms with Crippen LogP contribution in [-0.2, 0) is 20.1 Å². The SMILES string of the molecule is CC(C)(C)OC(=O)NC1=NC2(C)c3cc(N)ccc3OCCC2(F)S(=O)(=O)C1(C)C. The van der Waals surface area contributed by atoms with Crippen LogP contribution in [0, 0.1) is 0 Å². The molecule has 0 saturated carbocycles. The highest BCUT2D eigenvalue weighted by atomic mass is 32.2. The van der Waals surface area contributed by atoms with Crippen LogP contribution >= 0.6 is 0 Å². The van der Waals surface area contributed by atoms with Gasteiger partial charge in [0.1, 0.15) is 27.5 Å². The second-order valence-corrected chi connectivity index (χ2v) is 11.9. The van der Waals surface area contributed by atoms with Gasteiger partial charge in [-0.15, -0.1) is 0 Å². The van der Waals surface area contributed by atoms with E-state index in [-0.39, 0.29) is 18.0 Å². The molecular weight excluding hydrogens is 413 g/mol. The standard InChI is InChI=1S/C20H28FN3O5S/c1-17(2,3)29-16(25)23-15-18(4,5)30(26,27)20(21)9-10-28-14-8-7-12(22)11-13(14)19(20,6)24-15/h7-8,11H,9-10,22H2,1-6H3,(H,23,24,25). The molecule has 0 bridgehead atoms. The lowest BCUT2D eigenvalue weighted by atomic mass is 9.84. The van der Waals surface area contributed by atoms with Crippen molar-refractivity contribution in [3.8, 4) is 5.75 Å². The second kappa shape index (κ2) is 6.57. The highest BCUT2D eigenvalue weighted by Crippen LogP contribution is 2.56. The van der Waals surface area contributed by atoms with Crippen LogP contribution in [0.4, 0.5) is 14.9 Å². The molecule has 8 nitrogen and oxygen atoms in total. The molecule has 10 heteroatoms. The number of alkyl carbamates (subject to hydrolysis) is 1. The van der Waals surface area contributed by atoms with Gasteiger partial charge in [-0.2, -0.15) is 0 Å². The molecule has 2 atom stereocenters.